The van der Waals surface area contributed by atoms with Gasteiger partial charge >= 0.3 is 0 Å². The number of amides is 1. The lowest BCUT2D eigenvalue weighted by molar-refractivity contribution is 0.0322. The first-order chi connectivity index (χ1) is 17.2. The molecule has 0 aliphatic carbocycles. The minimum atomic E-state index is -0.182. The second-order valence-corrected chi connectivity index (χ2v) is 11.2. The van der Waals surface area contributed by atoms with Crippen LogP contribution >= 0.6 is 34.0 Å². The topological polar surface area (TPSA) is 72.9 Å². The number of rotatable bonds is 7. The summed E-state index contributed by atoms with van der Waals surface area (Å²) in [6, 6.07) is 12.0. The fourth-order valence-corrected chi connectivity index (χ4v) is 6.89. The van der Waals surface area contributed by atoms with Crippen molar-refractivity contribution in [2.45, 2.75) is 0 Å². The molecule has 35 heavy (non-hydrogen) atoms. The van der Waals surface area contributed by atoms with Gasteiger partial charge in [-0.2, -0.15) is 0 Å². The Kier molecular flexibility index (Phi) is 6.29. The molecule has 180 valence electrons. The number of methoxy groups -OCH3 is 1. The van der Waals surface area contributed by atoms with Crippen molar-refractivity contribution in [3.05, 3.63) is 47.3 Å². The highest BCUT2D eigenvalue weighted by molar-refractivity contribution is 7.25. The van der Waals surface area contributed by atoms with E-state index in [1.54, 1.807) is 18.4 Å². The van der Waals surface area contributed by atoms with Crippen molar-refractivity contribution in [2.75, 3.05) is 51.9 Å². The van der Waals surface area contributed by atoms with Crippen LogP contribution in [0.1, 0.15) is 10.4 Å². The fraction of sp³-hybridized carbons (Fsp3) is 0.280. The van der Waals surface area contributed by atoms with Gasteiger partial charge in [0.05, 0.1) is 40.3 Å². The average Bonchev–Trinajstić information content (AvgIpc) is 3.61. The highest BCUT2D eigenvalue weighted by Crippen LogP contribution is 2.39. The van der Waals surface area contributed by atoms with Crippen molar-refractivity contribution in [1.82, 2.24) is 9.88 Å². The summed E-state index contributed by atoms with van der Waals surface area (Å²) in [6.07, 6.45) is 0. The summed E-state index contributed by atoms with van der Waals surface area (Å²) in [5.74, 6) is 0.427. The van der Waals surface area contributed by atoms with Crippen molar-refractivity contribution in [1.29, 1.82) is 0 Å². The van der Waals surface area contributed by atoms with Gasteiger partial charge in [0.15, 0.2) is 0 Å². The number of carbonyl (C=O) groups is 1. The number of hydrogen-bond donors (Lipinski definition) is 1. The molecule has 3 aromatic heterocycles. The Morgan fingerprint density at radius 3 is 2.86 bits per heavy atom. The summed E-state index contributed by atoms with van der Waals surface area (Å²) < 4.78 is 20.1. The molecule has 0 unspecified atom stereocenters. The van der Waals surface area contributed by atoms with Gasteiger partial charge < -0.3 is 19.5 Å². The Balaban J connectivity index is 1.25. The van der Waals surface area contributed by atoms with E-state index in [0.717, 1.165) is 68.2 Å². The lowest BCUT2D eigenvalue weighted by Gasteiger charge is -2.26. The molecule has 1 fully saturated rings. The summed E-state index contributed by atoms with van der Waals surface area (Å²) in [5.41, 5.74) is 1.44. The second kappa shape index (κ2) is 9.71. The first kappa shape index (κ1) is 22.7. The Labute approximate surface area is 213 Å². The van der Waals surface area contributed by atoms with Gasteiger partial charge in [-0.05, 0) is 46.5 Å². The summed E-state index contributed by atoms with van der Waals surface area (Å²) in [6.45, 7) is 4.64. The number of fused-ring (bicyclic) bond motifs is 4. The number of morpholine rings is 1. The van der Waals surface area contributed by atoms with Crippen molar-refractivity contribution in [2.24, 2.45) is 0 Å². The van der Waals surface area contributed by atoms with Crippen LogP contribution in [-0.2, 0) is 4.74 Å². The van der Waals surface area contributed by atoms with Crippen molar-refractivity contribution >= 4 is 75.3 Å². The first-order valence-corrected chi connectivity index (χ1v) is 13.8. The van der Waals surface area contributed by atoms with Gasteiger partial charge in [-0.25, -0.2) is 4.98 Å². The monoisotopic (exact) mass is 525 g/mol. The van der Waals surface area contributed by atoms with Crippen molar-refractivity contribution in [3.8, 4) is 10.9 Å². The SMILES string of the molecule is COc1nc2c(ccc3cc(NC(=O)c4cc5ccsc5cc4OCCN4CCOCC4)sc32)s1. The number of carbonyl (C=O) groups excluding carboxylic acids is 1. The van der Waals surface area contributed by atoms with Crippen LogP contribution in [0, 0.1) is 0 Å². The maximum atomic E-state index is 13.4. The number of aromatic nitrogens is 1. The van der Waals surface area contributed by atoms with E-state index in [2.05, 4.69) is 21.3 Å². The van der Waals surface area contributed by atoms with Crippen LogP contribution in [0.2, 0.25) is 0 Å². The number of benzene rings is 2. The molecule has 4 heterocycles. The smallest absolute Gasteiger partial charge is 0.274 e. The van der Waals surface area contributed by atoms with Crippen LogP contribution < -0.4 is 14.8 Å². The molecule has 0 saturated carbocycles. The van der Waals surface area contributed by atoms with Crippen LogP contribution in [0.5, 0.6) is 10.9 Å². The molecular weight excluding hydrogens is 502 g/mol. The van der Waals surface area contributed by atoms with Gasteiger partial charge in [-0.1, -0.05) is 17.4 Å². The molecule has 10 heteroatoms. The number of nitrogens with zero attached hydrogens (tertiary/aromatic N) is 2. The van der Waals surface area contributed by atoms with E-state index in [1.165, 1.54) is 22.7 Å². The average molecular weight is 526 g/mol. The first-order valence-electron chi connectivity index (χ1n) is 11.3. The zero-order valence-corrected chi connectivity index (χ0v) is 21.5. The molecule has 7 nitrogen and oxygen atoms in total. The number of nitrogens with one attached hydrogen (secondary N) is 1. The largest absolute Gasteiger partial charge is 0.491 e. The van der Waals surface area contributed by atoms with Crippen LogP contribution in [-0.4, -0.2) is 62.4 Å². The van der Waals surface area contributed by atoms with Crippen LogP contribution in [0.25, 0.3) is 30.4 Å². The molecule has 0 spiro atoms. The zero-order valence-electron chi connectivity index (χ0n) is 19.0. The van der Waals surface area contributed by atoms with Gasteiger partial charge in [-0.3, -0.25) is 9.69 Å². The van der Waals surface area contributed by atoms with E-state index in [0.29, 0.717) is 23.1 Å². The highest BCUT2D eigenvalue weighted by atomic mass is 32.1. The maximum absolute atomic E-state index is 13.4. The van der Waals surface area contributed by atoms with Crippen LogP contribution in [0.3, 0.4) is 0 Å². The minimum Gasteiger partial charge on any atom is -0.491 e. The molecular formula is C25H23N3O4S3. The number of thiophene rings is 2. The van der Waals surface area contributed by atoms with E-state index >= 15 is 0 Å². The Morgan fingerprint density at radius 2 is 2.00 bits per heavy atom. The lowest BCUT2D eigenvalue weighted by atomic mass is 10.1. The van der Waals surface area contributed by atoms with E-state index in [9.17, 15) is 4.79 Å². The molecule has 2 aromatic carbocycles. The zero-order chi connectivity index (χ0) is 23.8. The second-order valence-electron chi connectivity index (χ2n) is 8.19. The predicted molar refractivity (Wildman–Crippen MR) is 144 cm³/mol. The quantitative estimate of drug-likeness (QED) is 0.294. The van der Waals surface area contributed by atoms with E-state index in [-0.39, 0.29) is 5.91 Å². The number of hydrogen-bond acceptors (Lipinski definition) is 9. The lowest BCUT2D eigenvalue weighted by Crippen LogP contribution is -2.38. The van der Waals surface area contributed by atoms with Gasteiger partial charge in [-0.15, -0.1) is 22.7 Å². The predicted octanol–water partition coefficient (Wildman–Crippen LogP) is 5.70. The Bertz CT molecular complexity index is 1520. The third-order valence-electron chi connectivity index (χ3n) is 6.00. The number of ether oxygens (including phenoxy) is 3. The molecule has 1 amide bonds. The third-order valence-corrected chi connectivity index (χ3v) is 8.94. The Morgan fingerprint density at radius 1 is 1.11 bits per heavy atom. The normalized spacial score (nSPS) is 14.7. The fourth-order valence-electron chi connectivity index (χ4n) is 4.19. The van der Waals surface area contributed by atoms with E-state index in [4.69, 9.17) is 14.2 Å². The molecule has 5 aromatic rings. The van der Waals surface area contributed by atoms with E-state index < -0.39 is 0 Å². The van der Waals surface area contributed by atoms with Crippen molar-refractivity contribution in [3.63, 3.8) is 0 Å². The van der Waals surface area contributed by atoms with Crippen LogP contribution in [0.15, 0.2) is 41.8 Å². The molecule has 6 rings (SSSR count). The van der Waals surface area contributed by atoms with Gasteiger partial charge in [0.25, 0.3) is 11.1 Å². The van der Waals surface area contributed by atoms with Crippen LogP contribution in [0.4, 0.5) is 5.00 Å². The highest BCUT2D eigenvalue weighted by Gasteiger charge is 2.18. The molecule has 1 aliphatic heterocycles. The number of thiazole rings is 1. The molecule has 1 N–H and O–H groups in total. The number of anilines is 1. The standard InChI is InChI=1S/C25H23N3O4S3/c1-30-25-27-22-19(34-25)3-2-16-13-21(35-23(16)22)26-24(29)17-12-15-4-11-33-20(15)14-18(17)32-10-7-28-5-8-31-9-6-28/h2-4,11-14H,5-10H2,1H3,(H,26,29). The Hall–Kier alpha value is -2.76. The van der Waals surface area contributed by atoms with E-state index in [1.807, 2.05) is 35.7 Å². The maximum Gasteiger partial charge on any atom is 0.274 e. The minimum absolute atomic E-state index is 0.182. The van der Waals surface area contributed by atoms with Crippen molar-refractivity contribution < 1.29 is 19.0 Å². The van der Waals surface area contributed by atoms with Gasteiger partial charge in [0.1, 0.15) is 17.9 Å². The molecule has 0 atom stereocenters. The summed E-state index contributed by atoms with van der Waals surface area (Å²) >= 11 is 4.68. The molecule has 1 aliphatic rings. The molecule has 0 radical (unpaired) electrons. The summed E-state index contributed by atoms with van der Waals surface area (Å²) in [4.78, 5) is 20.3. The third kappa shape index (κ3) is 4.60. The van der Waals surface area contributed by atoms with Gasteiger partial charge in [0.2, 0.25) is 0 Å². The molecule has 0 bridgehead atoms. The summed E-state index contributed by atoms with van der Waals surface area (Å²) in [5, 5.41) is 8.61. The van der Waals surface area contributed by atoms with Gasteiger partial charge in [0, 0.05) is 24.3 Å². The molecule has 1 saturated heterocycles. The summed E-state index contributed by atoms with van der Waals surface area (Å²) in [7, 11) is 1.62.